The molecule has 0 aliphatic carbocycles. The fourth-order valence-electron chi connectivity index (χ4n) is 1.91. The van der Waals surface area contributed by atoms with Crippen LogP contribution in [-0.2, 0) is 27.2 Å². The van der Waals surface area contributed by atoms with Crippen LogP contribution in [0.3, 0.4) is 0 Å². The zero-order valence-electron chi connectivity index (χ0n) is 15.8. The Morgan fingerprint density at radius 3 is 1.14 bits per heavy atom. The zero-order chi connectivity index (χ0) is 20.6. The first-order valence-corrected chi connectivity index (χ1v) is 17.0. The molecule has 12 heteroatoms. The molecule has 2 aromatic carbocycles. The normalized spacial score (nSPS) is 12.0. The van der Waals surface area contributed by atoms with Crippen molar-refractivity contribution < 1.29 is 27.2 Å². The van der Waals surface area contributed by atoms with E-state index in [0.29, 0.717) is 37.6 Å². The summed E-state index contributed by atoms with van der Waals surface area (Å²) in [6.07, 6.45) is 0. The molecule has 0 radical (unpaired) electrons. The Hall–Kier alpha value is -0.621. The molecule has 0 aliphatic heterocycles. The average molecular weight is 558 g/mol. The van der Waals surface area contributed by atoms with Crippen LogP contribution in [0.2, 0.25) is 0 Å². The van der Waals surface area contributed by atoms with Crippen LogP contribution in [0.25, 0.3) is 0 Å². The van der Waals surface area contributed by atoms with Gasteiger partial charge < -0.3 is 0 Å². The van der Waals surface area contributed by atoms with Crippen LogP contribution < -0.4 is 19.1 Å². The molecule has 2 aromatic rings. The second kappa shape index (κ2) is 11.0. The third-order valence-electron chi connectivity index (χ3n) is 3.44. The molecular weight excluding hydrogens is 536 g/mol. The fraction of sp³-hybridized carbons (Fsp3) is 0.250. The summed E-state index contributed by atoms with van der Waals surface area (Å²) in [6, 6.07) is 15.4. The van der Waals surface area contributed by atoms with E-state index >= 15 is 0 Å². The van der Waals surface area contributed by atoms with Crippen molar-refractivity contribution >= 4 is 62.1 Å². The van der Waals surface area contributed by atoms with Gasteiger partial charge in [-0.3, -0.25) is 0 Å². The van der Waals surface area contributed by atoms with Crippen LogP contribution in [0, 0.1) is 0 Å². The minimum atomic E-state index is -3.29. The topological polar surface area (TPSA) is 95.1 Å². The van der Waals surface area contributed by atoms with E-state index in [1.165, 1.54) is 37.4 Å². The van der Waals surface area contributed by atoms with E-state index < -0.39 is 15.5 Å². The molecule has 0 aromatic heterocycles. The third kappa shape index (κ3) is 7.01. The summed E-state index contributed by atoms with van der Waals surface area (Å²) in [5, 5.41) is 5.53. The Bertz CT molecular complexity index is 764. The molecule has 154 valence electrons. The van der Waals surface area contributed by atoms with Gasteiger partial charge in [-0.05, 0) is 0 Å². The van der Waals surface area contributed by atoms with Crippen LogP contribution in [0.5, 0.6) is 0 Å². The summed E-state index contributed by atoms with van der Waals surface area (Å²) < 4.78 is 46.1. The molecule has 0 spiro atoms. The van der Waals surface area contributed by atoms with Gasteiger partial charge in [0.25, 0.3) is 0 Å². The maximum atomic E-state index is 12.1. The summed E-state index contributed by atoms with van der Waals surface area (Å²) in [7, 11) is -1.24. The number of rotatable bonds is 11. The van der Waals surface area contributed by atoms with E-state index in [1.807, 2.05) is 48.5 Å². The van der Waals surface area contributed by atoms with E-state index in [4.69, 9.17) is 18.1 Å². The first-order chi connectivity index (χ1) is 13.3. The second-order valence-electron chi connectivity index (χ2n) is 5.16. The van der Waals surface area contributed by atoms with Crippen LogP contribution in [-0.4, -0.2) is 54.7 Å². The molecule has 0 saturated heterocycles. The van der Waals surface area contributed by atoms with Crippen molar-refractivity contribution in [1.82, 2.24) is 0 Å². The van der Waals surface area contributed by atoms with Gasteiger partial charge in [0.2, 0.25) is 0 Å². The van der Waals surface area contributed by atoms with Crippen LogP contribution in [0.15, 0.2) is 48.5 Å². The molecule has 28 heavy (non-hydrogen) atoms. The van der Waals surface area contributed by atoms with Crippen molar-refractivity contribution in [2.24, 2.45) is 0 Å². The third-order valence-corrected chi connectivity index (χ3v) is 13.7. The van der Waals surface area contributed by atoms with Crippen molar-refractivity contribution in [2.45, 2.75) is 0 Å². The zero-order valence-corrected chi connectivity index (χ0v) is 21.0. The predicted octanol–water partition coefficient (Wildman–Crippen LogP) is 2.59. The summed E-state index contributed by atoms with van der Waals surface area (Å²) in [5.74, 6) is 0. The molecule has 0 heterocycles. The fourth-order valence-corrected chi connectivity index (χ4v) is 9.47. The van der Waals surface area contributed by atoms with E-state index in [-0.39, 0.29) is 0 Å². The number of nitrogens with one attached hydrogen (secondary N) is 2. The molecule has 0 aliphatic rings. The van der Waals surface area contributed by atoms with E-state index in [2.05, 4.69) is 10.2 Å². The molecule has 0 amide bonds. The Kier molecular flexibility index (Phi) is 9.26. The quantitative estimate of drug-likeness (QED) is 0.321. The molecule has 2 rings (SSSR count). The number of hydrogen-bond acceptors (Lipinski definition) is 6. The van der Waals surface area contributed by atoms with Gasteiger partial charge in [-0.1, -0.05) is 0 Å². The van der Waals surface area contributed by atoms with Crippen molar-refractivity contribution in [3.63, 3.8) is 0 Å². The number of hydrogen-bond donors (Lipinski definition) is 2. The number of benzene rings is 2. The summed E-state index contributed by atoms with van der Waals surface area (Å²) in [4.78, 5) is 0. The molecule has 0 bridgehead atoms. The van der Waals surface area contributed by atoms with Gasteiger partial charge in [0.1, 0.15) is 0 Å². The first-order valence-electron chi connectivity index (χ1n) is 7.89. The molecule has 8 nitrogen and oxygen atoms in total. The van der Waals surface area contributed by atoms with Gasteiger partial charge in [-0.2, -0.15) is 0 Å². The Labute approximate surface area is 176 Å². The SMILES string of the molecule is COP(=O)(Nc1ccc([Se][Se]c2ccc(NP(=O)(OC)OC)cc2)cc1)OC. The summed E-state index contributed by atoms with van der Waals surface area (Å²) >= 11 is 0.585. The summed E-state index contributed by atoms with van der Waals surface area (Å²) in [6.45, 7) is 0. The van der Waals surface area contributed by atoms with Crippen molar-refractivity contribution in [3.05, 3.63) is 48.5 Å². The molecule has 0 saturated carbocycles. The van der Waals surface area contributed by atoms with Gasteiger partial charge in [0.15, 0.2) is 0 Å². The maximum absolute atomic E-state index is 12.1. The summed E-state index contributed by atoms with van der Waals surface area (Å²) in [5.41, 5.74) is 1.35. The van der Waals surface area contributed by atoms with Gasteiger partial charge in [-0.15, -0.1) is 0 Å². The Morgan fingerprint density at radius 2 is 0.893 bits per heavy atom. The van der Waals surface area contributed by atoms with Crippen molar-refractivity contribution in [3.8, 4) is 0 Å². The Balaban J connectivity index is 1.92. The van der Waals surface area contributed by atoms with Gasteiger partial charge in [0, 0.05) is 0 Å². The first kappa shape index (κ1) is 23.7. The monoisotopic (exact) mass is 560 g/mol. The van der Waals surface area contributed by atoms with Gasteiger partial charge >= 0.3 is 176 Å². The van der Waals surface area contributed by atoms with Crippen molar-refractivity contribution in [2.75, 3.05) is 38.6 Å². The van der Waals surface area contributed by atoms with E-state index in [0.717, 1.165) is 0 Å². The van der Waals surface area contributed by atoms with E-state index in [9.17, 15) is 9.13 Å². The van der Waals surface area contributed by atoms with Crippen molar-refractivity contribution in [1.29, 1.82) is 0 Å². The standard InChI is InChI=1S/C16H22N2O6P2Se2/c1-21-25(19,22-2)17-13-5-9-15(10-6-13)27-28-16-11-7-14(8-12-16)18-26(20,23-3)24-4/h5-12H,1-4H3,(H,17,19)(H,18,20). The predicted molar refractivity (Wildman–Crippen MR) is 114 cm³/mol. The second-order valence-corrected chi connectivity index (χ2v) is 15.4. The molecule has 2 N–H and O–H groups in total. The Morgan fingerprint density at radius 1 is 0.607 bits per heavy atom. The van der Waals surface area contributed by atoms with Crippen LogP contribution >= 0.6 is 15.5 Å². The number of anilines is 2. The molecule has 0 unspecified atom stereocenters. The van der Waals surface area contributed by atoms with Crippen LogP contribution in [0.4, 0.5) is 11.4 Å². The van der Waals surface area contributed by atoms with Crippen LogP contribution in [0.1, 0.15) is 0 Å². The van der Waals surface area contributed by atoms with E-state index in [1.54, 1.807) is 0 Å². The van der Waals surface area contributed by atoms with Gasteiger partial charge in [0.05, 0.1) is 0 Å². The molecular formula is C16H22N2O6P2Se2. The molecule has 0 atom stereocenters. The minimum absolute atomic E-state index is 0.293. The molecule has 0 fully saturated rings. The average Bonchev–Trinajstić information content (AvgIpc) is 2.74. The van der Waals surface area contributed by atoms with Gasteiger partial charge in [-0.25, -0.2) is 0 Å².